The maximum atomic E-state index is 11.8. The molecule has 116 valence electrons. The summed E-state index contributed by atoms with van der Waals surface area (Å²) in [4.78, 5) is 22.6. The van der Waals surface area contributed by atoms with Crippen LogP contribution in [-0.4, -0.2) is 34.9 Å². The predicted octanol–water partition coefficient (Wildman–Crippen LogP) is 2.53. The highest BCUT2D eigenvalue weighted by Crippen LogP contribution is 2.15. The second kappa shape index (κ2) is 11.5. The van der Waals surface area contributed by atoms with E-state index in [1.54, 1.807) is 6.92 Å². The Morgan fingerprint density at radius 2 is 1.90 bits per heavy atom. The third kappa shape index (κ3) is 9.55. The number of ether oxygens (including phenoxy) is 1. The first-order valence-corrected chi connectivity index (χ1v) is 7.19. The molecule has 5 heteroatoms. The molecular formula is C15H26O5. The van der Waals surface area contributed by atoms with Crippen molar-refractivity contribution >= 4 is 11.9 Å². The Kier molecular flexibility index (Phi) is 10.7. The van der Waals surface area contributed by atoms with Gasteiger partial charge in [-0.25, -0.2) is 0 Å². The van der Waals surface area contributed by atoms with Gasteiger partial charge in [0.1, 0.15) is 6.10 Å². The molecule has 0 aliphatic carbocycles. The minimum atomic E-state index is -1.02. The molecule has 0 aromatic heterocycles. The van der Waals surface area contributed by atoms with Gasteiger partial charge in [0.2, 0.25) is 0 Å². The standard InChI is InChI=1S/C15H26O5/c1-3-4-5-6-7-8-9-13(10-14(17)18)15(19)20-12(2)11-16/h6-7,12-13,16H,3-5,8-11H2,1-2H3,(H,17,18)/b7-6+. The lowest BCUT2D eigenvalue weighted by Crippen LogP contribution is -2.26. The summed E-state index contributed by atoms with van der Waals surface area (Å²) in [7, 11) is 0. The van der Waals surface area contributed by atoms with Crippen LogP contribution in [0.4, 0.5) is 0 Å². The van der Waals surface area contributed by atoms with Crippen molar-refractivity contribution < 1.29 is 24.5 Å². The number of carbonyl (C=O) groups excluding carboxylic acids is 1. The number of carboxylic acids is 1. The number of hydrogen-bond acceptors (Lipinski definition) is 4. The number of aliphatic hydroxyl groups is 1. The summed E-state index contributed by atoms with van der Waals surface area (Å²) in [6.07, 6.45) is 7.58. The minimum absolute atomic E-state index is 0.236. The highest BCUT2D eigenvalue weighted by atomic mass is 16.6. The number of carbonyl (C=O) groups is 2. The summed E-state index contributed by atoms with van der Waals surface area (Å²) in [5.41, 5.74) is 0. The summed E-state index contributed by atoms with van der Waals surface area (Å²) in [5, 5.41) is 17.7. The van der Waals surface area contributed by atoms with Gasteiger partial charge in [0.25, 0.3) is 0 Å². The molecule has 2 unspecified atom stereocenters. The second-order valence-corrected chi connectivity index (χ2v) is 4.92. The maximum absolute atomic E-state index is 11.8. The van der Waals surface area contributed by atoms with Crippen molar-refractivity contribution in [3.05, 3.63) is 12.2 Å². The van der Waals surface area contributed by atoms with E-state index in [0.29, 0.717) is 12.8 Å². The molecule has 2 atom stereocenters. The average molecular weight is 286 g/mol. The van der Waals surface area contributed by atoms with Gasteiger partial charge >= 0.3 is 11.9 Å². The van der Waals surface area contributed by atoms with E-state index in [1.807, 2.05) is 6.08 Å². The third-order valence-corrected chi connectivity index (χ3v) is 2.90. The van der Waals surface area contributed by atoms with E-state index in [9.17, 15) is 9.59 Å². The van der Waals surface area contributed by atoms with Gasteiger partial charge in [-0.3, -0.25) is 9.59 Å². The molecule has 0 amide bonds. The molecule has 2 N–H and O–H groups in total. The number of aliphatic hydroxyl groups excluding tert-OH is 1. The van der Waals surface area contributed by atoms with Crippen molar-refractivity contribution in [1.29, 1.82) is 0 Å². The van der Waals surface area contributed by atoms with E-state index in [0.717, 1.165) is 19.3 Å². The molecule has 0 saturated carbocycles. The van der Waals surface area contributed by atoms with Crippen LogP contribution in [0.25, 0.3) is 0 Å². The molecule has 0 bridgehead atoms. The van der Waals surface area contributed by atoms with Crippen molar-refractivity contribution in [2.75, 3.05) is 6.61 Å². The van der Waals surface area contributed by atoms with Crippen molar-refractivity contribution in [3.63, 3.8) is 0 Å². The van der Waals surface area contributed by atoms with Gasteiger partial charge in [-0.15, -0.1) is 0 Å². The Morgan fingerprint density at radius 1 is 1.25 bits per heavy atom. The number of carboxylic acid groups (broad SMARTS) is 1. The molecule has 0 radical (unpaired) electrons. The van der Waals surface area contributed by atoms with Crippen LogP contribution in [0, 0.1) is 5.92 Å². The van der Waals surface area contributed by atoms with Crippen LogP contribution in [0.5, 0.6) is 0 Å². The first kappa shape index (κ1) is 18.6. The van der Waals surface area contributed by atoms with Crippen LogP contribution in [0.15, 0.2) is 12.2 Å². The number of allylic oxidation sites excluding steroid dienone is 2. The lowest BCUT2D eigenvalue weighted by Gasteiger charge is -2.16. The van der Waals surface area contributed by atoms with E-state index in [-0.39, 0.29) is 13.0 Å². The highest BCUT2D eigenvalue weighted by Gasteiger charge is 2.23. The summed E-state index contributed by atoms with van der Waals surface area (Å²) in [6.45, 7) is 3.43. The number of rotatable bonds is 11. The van der Waals surface area contributed by atoms with Crippen molar-refractivity contribution in [2.24, 2.45) is 5.92 Å². The quantitative estimate of drug-likeness (QED) is 0.346. The number of esters is 1. The fourth-order valence-electron chi connectivity index (χ4n) is 1.70. The Morgan fingerprint density at radius 3 is 2.45 bits per heavy atom. The lowest BCUT2D eigenvalue weighted by molar-refractivity contribution is -0.158. The molecule has 0 saturated heterocycles. The zero-order valence-corrected chi connectivity index (χ0v) is 12.4. The first-order valence-electron chi connectivity index (χ1n) is 7.19. The first-order chi connectivity index (χ1) is 9.51. The molecule has 0 aromatic carbocycles. The largest absolute Gasteiger partial charge is 0.481 e. The fraction of sp³-hybridized carbons (Fsp3) is 0.733. The van der Waals surface area contributed by atoms with E-state index in [1.165, 1.54) is 0 Å². The number of unbranched alkanes of at least 4 members (excludes halogenated alkanes) is 2. The van der Waals surface area contributed by atoms with E-state index < -0.39 is 24.0 Å². The van der Waals surface area contributed by atoms with Crippen LogP contribution >= 0.6 is 0 Å². The molecular weight excluding hydrogens is 260 g/mol. The van der Waals surface area contributed by atoms with Crippen molar-refractivity contribution in [1.82, 2.24) is 0 Å². The van der Waals surface area contributed by atoms with E-state index in [4.69, 9.17) is 14.9 Å². The van der Waals surface area contributed by atoms with E-state index >= 15 is 0 Å². The molecule has 20 heavy (non-hydrogen) atoms. The monoisotopic (exact) mass is 286 g/mol. The van der Waals surface area contributed by atoms with Crippen LogP contribution in [-0.2, 0) is 14.3 Å². The number of hydrogen-bond donors (Lipinski definition) is 2. The maximum Gasteiger partial charge on any atom is 0.309 e. The zero-order chi connectivity index (χ0) is 15.4. The molecule has 0 heterocycles. The Bertz CT molecular complexity index is 311. The van der Waals surface area contributed by atoms with Crippen molar-refractivity contribution in [3.8, 4) is 0 Å². The van der Waals surface area contributed by atoms with Crippen LogP contribution in [0.2, 0.25) is 0 Å². The minimum Gasteiger partial charge on any atom is -0.481 e. The van der Waals surface area contributed by atoms with Crippen LogP contribution in [0.3, 0.4) is 0 Å². The molecule has 0 spiro atoms. The van der Waals surface area contributed by atoms with Gasteiger partial charge in [0.05, 0.1) is 18.9 Å². The van der Waals surface area contributed by atoms with Gasteiger partial charge in [-0.2, -0.15) is 0 Å². The molecule has 0 aliphatic rings. The summed E-state index contributed by atoms with van der Waals surface area (Å²) in [5.74, 6) is -2.22. The predicted molar refractivity (Wildman–Crippen MR) is 76.3 cm³/mol. The Labute approximate surface area is 120 Å². The molecule has 0 rings (SSSR count). The SMILES string of the molecule is CCCC/C=C/CCC(CC(=O)O)C(=O)OC(C)CO. The highest BCUT2D eigenvalue weighted by molar-refractivity contribution is 5.79. The average Bonchev–Trinajstić information content (AvgIpc) is 2.40. The third-order valence-electron chi connectivity index (χ3n) is 2.90. The van der Waals surface area contributed by atoms with Crippen LogP contribution in [0.1, 0.15) is 52.4 Å². The Hall–Kier alpha value is -1.36. The molecule has 5 nitrogen and oxygen atoms in total. The topological polar surface area (TPSA) is 83.8 Å². The second-order valence-electron chi connectivity index (χ2n) is 4.92. The van der Waals surface area contributed by atoms with Crippen molar-refractivity contribution in [2.45, 2.75) is 58.5 Å². The summed E-state index contributed by atoms with van der Waals surface area (Å²) in [6, 6.07) is 0. The van der Waals surface area contributed by atoms with Gasteiger partial charge in [-0.05, 0) is 26.2 Å². The van der Waals surface area contributed by atoms with Crippen LogP contribution < -0.4 is 0 Å². The fourth-order valence-corrected chi connectivity index (χ4v) is 1.70. The number of aliphatic carboxylic acids is 1. The normalized spacial score (nSPS) is 14.2. The van der Waals surface area contributed by atoms with Gasteiger partial charge < -0.3 is 14.9 Å². The lowest BCUT2D eigenvalue weighted by atomic mass is 9.99. The van der Waals surface area contributed by atoms with E-state index in [2.05, 4.69) is 13.0 Å². The van der Waals surface area contributed by atoms with Gasteiger partial charge in [-0.1, -0.05) is 31.9 Å². The van der Waals surface area contributed by atoms with Gasteiger partial charge in [0, 0.05) is 0 Å². The summed E-state index contributed by atoms with van der Waals surface area (Å²) < 4.78 is 4.98. The molecule has 0 aliphatic heterocycles. The zero-order valence-electron chi connectivity index (χ0n) is 12.4. The Balaban J connectivity index is 4.23. The molecule has 0 aromatic rings. The smallest absolute Gasteiger partial charge is 0.309 e. The molecule has 0 fully saturated rings. The summed E-state index contributed by atoms with van der Waals surface area (Å²) >= 11 is 0. The van der Waals surface area contributed by atoms with Gasteiger partial charge in [0.15, 0.2) is 0 Å².